The smallest absolute Gasteiger partial charge is 0.262 e. The predicted molar refractivity (Wildman–Crippen MR) is 73.0 cm³/mol. The molecule has 0 aliphatic rings. The molecule has 124 valence electrons. The molecule has 2 rings (SSSR count). The van der Waals surface area contributed by atoms with Crippen LogP contribution in [0.3, 0.4) is 0 Å². The average molecular weight is 351 g/mol. The van der Waals surface area contributed by atoms with E-state index in [9.17, 15) is 30.4 Å². The topological polar surface area (TPSA) is 46.2 Å². The van der Waals surface area contributed by atoms with Gasteiger partial charge in [0.2, 0.25) is 5.82 Å². The Kier molecular flexibility index (Phi) is 4.34. The normalized spacial score (nSPS) is 11.6. The molecule has 0 spiro atoms. The largest absolute Gasteiger partial charge is 0.274 e. The standard InChI is InChI=1S/C14H10F5NO2S/c1-6-3-4-8(5-7(6)2)23(21,22)20-14-12(18)10(16)9(15)11(17)13(14)19/h3-5,20H,1-2H3. The number of halogens is 5. The summed E-state index contributed by atoms with van der Waals surface area (Å²) < 4.78 is 91.8. The second-order valence-corrected chi connectivity index (χ2v) is 6.48. The Bertz CT molecular complexity index is 868. The SMILES string of the molecule is Cc1ccc(S(=O)(=O)Nc2c(F)c(F)c(F)c(F)c2F)cc1C. The van der Waals surface area contributed by atoms with Crippen LogP contribution in [0.2, 0.25) is 0 Å². The van der Waals surface area contributed by atoms with Crippen LogP contribution in [0, 0.1) is 42.9 Å². The number of sulfonamides is 1. The lowest BCUT2D eigenvalue weighted by Crippen LogP contribution is -2.17. The Labute approximate surface area is 128 Å². The van der Waals surface area contributed by atoms with Gasteiger partial charge < -0.3 is 0 Å². The highest BCUT2D eigenvalue weighted by Gasteiger charge is 2.29. The first-order valence-corrected chi connectivity index (χ1v) is 7.66. The molecule has 23 heavy (non-hydrogen) atoms. The Morgan fingerprint density at radius 2 is 1.26 bits per heavy atom. The highest BCUT2D eigenvalue weighted by molar-refractivity contribution is 7.92. The van der Waals surface area contributed by atoms with Gasteiger partial charge in [0.1, 0.15) is 5.69 Å². The monoisotopic (exact) mass is 351 g/mol. The minimum absolute atomic E-state index is 0.371. The molecular formula is C14H10F5NO2S. The van der Waals surface area contributed by atoms with E-state index >= 15 is 0 Å². The summed E-state index contributed by atoms with van der Waals surface area (Å²) in [5, 5.41) is 0. The zero-order chi connectivity index (χ0) is 17.5. The molecule has 9 heteroatoms. The molecule has 0 atom stereocenters. The number of aryl methyl sites for hydroxylation is 2. The van der Waals surface area contributed by atoms with Crippen molar-refractivity contribution in [2.24, 2.45) is 0 Å². The van der Waals surface area contributed by atoms with Gasteiger partial charge in [0, 0.05) is 0 Å². The number of hydrogen-bond acceptors (Lipinski definition) is 2. The molecular weight excluding hydrogens is 341 g/mol. The van der Waals surface area contributed by atoms with Crippen molar-refractivity contribution >= 4 is 15.7 Å². The number of hydrogen-bond donors (Lipinski definition) is 1. The molecule has 0 saturated carbocycles. The van der Waals surface area contributed by atoms with Crippen molar-refractivity contribution in [3.63, 3.8) is 0 Å². The van der Waals surface area contributed by atoms with E-state index < -0.39 is 44.8 Å². The van der Waals surface area contributed by atoms with E-state index in [2.05, 4.69) is 0 Å². The highest BCUT2D eigenvalue weighted by atomic mass is 32.2. The van der Waals surface area contributed by atoms with E-state index in [1.165, 1.54) is 16.9 Å². The van der Waals surface area contributed by atoms with Crippen molar-refractivity contribution in [1.29, 1.82) is 0 Å². The third-order valence-electron chi connectivity index (χ3n) is 3.23. The van der Waals surface area contributed by atoms with Crippen LogP contribution >= 0.6 is 0 Å². The Hall–Kier alpha value is -2.16. The third kappa shape index (κ3) is 3.00. The van der Waals surface area contributed by atoms with E-state index in [4.69, 9.17) is 0 Å². The fourth-order valence-electron chi connectivity index (χ4n) is 1.77. The third-order valence-corrected chi connectivity index (χ3v) is 4.58. The number of benzene rings is 2. The van der Waals surface area contributed by atoms with Crippen molar-refractivity contribution in [1.82, 2.24) is 0 Å². The molecule has 1 N–H and O–H groups in total. The average Bonchev–Trinajstić information content (AvgIpc) is 2.50. The van der Waals surface area contributed by atoms with Gasteiger partial charge in [-0.15, -0.1) is 0 Å². The lowest BCUT2D eigenvalue weighted by atomic mass is 10.1. The van der Waals surface area contributed by atoms with E-state index in [-0.39, 0.29) is 4.90 Å². The number of anilines is 1. The molecule has 0 aromatic heterocycles. The summed E-state index contributed by atoms with van der Waals surface area (Å²) in [5.41, 5.74) is -0.287. The predicted octanol–water partition coefficient (Wildman–Crippen LogP) is 3.80. The second-order valence-electron chi connectivity index (χ2n) is 4.80. The molecule has 0 unspecified atom stereocenters. The Morgan fingerprint density at radius 1 is 0.783 bits per heavy atom. The number of rotatable bonds is 3. The molecule has 2 aromatic carbocycles. The van der Waals surface area contributed by atoms with Crippen LogP contribution in [0.25, 0.3) is 0 Å². The van der Waals surface area contributed by atoms with E-state index in [0.29, 0.717) is 5.56 Å². The molecule has 3 nitrogen and oxygen atoms in total. The molecule has 0 aliphatic carbocycles. The zero-order valence-electron chi connectivity index (χ0n) is 11.8. The van der Waals surface area contributed by atoms with Gasteiger partial charge in [-0.05, 0) is 37.1 Å². The van der Waals surface area contributed by atoms with E-state index in [0.717, 1.165) is 11.6 Å². The van der Waals surface area contributed by atoms with Gasteiger partial charge in [-0.1, -0.05) is 6.07 Å². The molecule has 0 bridgehead atoms. The minimum Gasteiger partial charge on any atom is -0.274 e. The van der Waals surface area contributed by atoms with Crippen molar-refractivity contribution in [3.05, 3.63) is 58.4 Å². The van der Waals surface area contributed by atoms with Gasteiger partial charge in [0.15, 0.2) is 23.3 Å². The first-order chi connectivity index (χ1) is 10.6. The van der Waals surface area contributed by atoms with Crippen molar-refractivity contribution in [2.45, 2.75) is 18.7 Å². The first-order valence-electron chi connectivity index (χ1n) is 6.17. The Morgan fingerprint density at radius 3 is 1.74 bits per heavy atom. The Balaban J connectivity index is 2.56. The van der Waals surface area contributed by atoms with Gasteiger partial charge >= 0.3 is 0 Å². The molecule has 2 aromatic rings. The maximum atomic E-state index is 13.5. The maximum Gasteiger partial charge on any atom is 0.262 e. The summed E-state index contributed by atoms with van der Waals surface area (Å²) >= 11 is 0. The van der Waals surface area contributed by atoms with Crippen LogP contribution < -0.4 is 4.72 Å². The van der Waals surface area contributed by atoms with Crippen LogP contribution in [0.15, 0.2) is 23.1 Å². The molecule has 0 amide bonds. The molecule has 0 radical (unpaired) electrons. The van der Waals surface area contributed by atoms with Crippen molar-refractivity contribution < 1.29 is 30.4 Å². The maximum absolute atomic E-state index is 13.5. The quantitative estimate of drug-likeness (QED) is 0.519. The van der Waals surface area contributed by atoms with E-state index in [1.807, 2.05) is 0 Å². The van der Waals surface area contributed by atoms with Crippen LogP contribution in [-0.2, 0) is 10.0 Å². The van der Waals surface area contributed by atoms with Gasteiger partial charge in [0.05, 0.1) is 4.90 Å². The summed E-state index contributed by atoms with van der Waals surface area (Å²) in [6.45, 7) is 3.32. The second kappa shape index (κ2) is 5.80. The fourth-order valence-corrected chi connectivity index (χ4v) is 2.91. The van der Waals surface area contributed by atoms with Crippen LogP contribution in [0.1, 0.15) is 11.1 Å². The molecule has 0 aliphatic heterocycles. The van der Waals surface area contributed by atoms with Crippen LogP contribution in [0.5, 0.6) is 0 Å². The van der Waals surface area contributed by atoms with Gasteiger partial charge in [-0.3, -0.25) is 4.72 Å². The lowest BCUT2D eigenvalue weighted by molar-refractivity contribution is 0.382. The highest BCUT2D eigenvalue weighted by Crippen LogP contribution is 2.29. The summed E-state index contributed by atoms with van der Waals surface area (Å²) in [6, 6.07) is 3.81. The van der Waals surface area contributed by atoms with Crippen molar-refractivity contribution in [2.75, 3.05) is 4.72 Å². The molecule has 0 heterocycles. The van der Waals surface area contributed by atoms with E-state index in [1.54, 1.807) is 13.8 Å². The summed E-state index contributed by atoms with van der Waals surface area (Å²) in [6.07, 6.45) is 0. The summed E-state index contributed by atoms with van der Waals surface area (Å²) in [4.78, 5) is -0.371. The van der Waals surface area contributed by atoms with Gasteiger partial charge in [-0.2, -0.15) is 0 Å². The summed E-state index contributed by atoms with van der Waals surface area (Å²) in [5.74, 6) is -11.3. The fraction of sp³-hybridized carbons (Fsp3) is 0.143. The molecule has 0 fully saturated rings. The van der Waals surface area contributed by atoms with Crippen LogP contribution in [0.4, 0.5) is 27.6 Å². The first kappa shape index (κ1) is 17.2. The lowest BCUT2D eigenvalue weighted by Gasteiger charge is -2.12. The number of nitrogens with one attached hydrogen (secondary N) is 1. The van der Waals surface area contributed by atoms with Crippen LogP contribution in [-0.4, -0.2) is 8.42 Å². The summed E-state index contributed by atoms with van der Waals surface area (Å²) in [7, 11) is -4.53. The van der Waals surface area contributed by atoms with Crippen molar-refractivity contribution in [3.8, 4) is 0 Å². The van der Waals surface area contributed by atoms with Gasteiger partial charge in [0.25, 0.3) is 10.0 Å². The zero-order valence-corrected chi connectivity index (χ0v) is 12.7. The minimum atomic E-state index is -4.53. The molecule has 0 saturated heterocycles. The van der Waals surface area contributed by atoms with Gasteiger partial charge in [-0.25, -0.2) is 30.4 Å².